The molecule has 0 spiro atoms. The number of nitrogens with one attached hydrogen (secondary N) is 2. The quantitative estimate of drug-likeness (QED) is 0.101. The van der Waals surface area contributed by atoms with Crippen molar-refractivity contribution in [2.24, 2.45) is 46.2 Å². The van der Waals surface area contributed by atoms with Crippen LogP contribution in [0.1, 0.15) is 125 Å². The van der Waals surface area contributed by atoms with E-state index in [1.54, 1.807) is 5.57 Å². The van der Waals surface area contributed by atoms with Crippen LogP contribution in [0.3, 0.4) is 0 Å². The molecule has 3 saturated carbocycles. The fraction of sp³-hybridized carbons (Fsp3) is 0.917. The van der Waals surface area contributed by atoms with Gasteiger partial charge in [0.05, 0.1) is 11.6 Å². The summed E-state index contributed by atoms with van der Waals surface area (Å²) in [5.74, 6) is 3.15. The third-order valence-corrected chi connectivity index (χ3v) is 12.5. The molecular formula is C36H65N3O3. The largest absolute Gasteiger partial charge is 0.462 e. The lowest BCUT2D eigenvalue weighted by Crippen LogP contribution is -2.68. The molecule has 9 atom stereocenters. The molecule has 6 heteroatoms. The summed E-state index contributed by atoms with van der Waals surface area (Å²) < 4.78 is 5.73. The molecule has 3 fully saturated rings. The van der Waals surface area contributed by atoms with Gasteiger partial charge in [-0.05, 0) is 119 Å². The predicted octanol–water partition coefficient (Wildman–Crippen LogP) is 6.36. The van der Waals surface area contributed by atoms with Crippen molar-refractivity contribution in [3.8, 4) is 0 Å². The Morgan fingerprint density at radius 3 is 2.48 bits per heavy atom. The summed E-state index contributed by atoms with van der Waals surface area (Å²) in [5, 5.41) is 20.1. The normalized spacial score (nSPS) is 38.4. The summed E-state index contributed by atoms with van der Waals surface area (Å²) in [4.78, 5) is 11.9. The third-order valence-electron chi connectivity index (χ3n) is 12.5. The zero-order valence-electron chi connectivity index (χ0n) is 28.0. The van der Waals surface area contributed by atoms with Gasteiger partial charge in [-0.3, -0.25) is 4.79 Å². The zero-order valence-corrected chi connectivity index (χ0v) is 28.0. The first-order chi connectivity index (χ1) is 20.0. The Bertz CT molecular complexity index is 923. The number of allylic oxidation sites excluding steroid dienone is 1. The SMILES string of the molecule is CC(=O)O[C@H]1CC[C@]2(C)[C@H]3CC[C@]4(C)[C@@H]([C@H](C)CCCC(C)C)CC[C@H]4C3=C[C@@H](NCCCNCCCCN)[C@@]2(O)C1. The van der Waals surface area contributed by atoms with E-state index in [1.807, 2.05) is 0 Å². The number of hydrogen-bond donors (Lipinski definition) is 4. The molecule has 4 aliphatic carbocycles. The van der Waals surface area contributed by atoms with Crippen molar-refractivity contribution in [2.45, 2.75) is 143 Å². The van der Waals surface area contributed by atoms with Gasteiger partial charge in [0.2, 0.25) is 0 Å². The van der Waals surface area contributed by atoms with Gasteiger partial charge in [0.25, 0.3) is 0 Å². The molecule has 42 heavy (non-hydrogen) atoms. The van der Waals surface area contributed by atoms with Crippen molar-refractivity contribution in [2.75, 3.05) is 26.2 Å². The predicted molar refractivity (Wildman–Crippen MR) is 173 cm³/mol. The van der Waals surface area contributed by atoms with Gasteiger partial charge in [0.15, 0.2) is 0 Å². The van der Waals surface area contributed by atoms with E-state index in [-0.39, 0.29) is 23.5 Å². The van der Waals surface area contributed by atoms with E-state index in [0.29, 0.717) is 23.7 Å². The van der Waals surface area contributed by atoms with Crippen LogP contribution >= 0.6 is 0 Å². The second-order valence-electron chi connectivity index (χ2n) is 15.6. The highest BCUT2D eigenvalue weighted by molar-refractivity contribution is 5.66. The van der Waals surface area contributed by atoms with Crippen molar-refractivity contribution in [1.82, 2.24) is 10.6 Å². The summed E-state index contributed by atoms with van der Waals surface area (Å²) >= 11 is 0. The summed E-state index contributed by atoms with van der Waals surface area (Å²) in [5.41, 5.74) is 6.50. The average molecular weight is 588 g/mol. The van der Waals surface area contributed by atoms with Crippen LogP contribution in [-0.4, -0.2) is 55.0 Å². The van der Waals surface area contributed by atoms with Crippen LogP contribution in [0, 0.1) is 40.4 Å². The lowest BCUT2D eigenvalue weighted by atomic mass is 9.45. The highest BCUT2D eigenvalue weighted by Gasteiger charge is 2.65. The Hall–Kier alpha value is -0.950. The van der Waals surface area contributed by atoms with Crippen molar-refractivity contribution in [3.05, 3.63) is 11.6 Å². The van der Waals surface area contributed by atoms with Crippen LogP contribution in [0.15, 0.2) is 11.6 Å². The molecular weight excluding hydrogens is 522 g/mol. The molecule has 0 aliphatic heterocycles. The van der Waals surface area contributed by atoms with Gasteiger partial charge < -0.3 is 26.2 Å². The number of esters is 1. The highest BCUT2D eigenvalue weighted by Crippen LogP contribution is 2.67. The molecule has 0 amide bonds. The number of rotatable bonds is 15. The van der Waals surface area contributed by atoms with Crippen molar-refractivity contribution in [3.63, 3.8) is 0 Å². The molecule has 4 aliphatic rings. The molecule has 6 nitrogen and oxygen atoms in total. The van der Waals surface area contributed by atoms with Crippen LogP contribution in [0.2, 0.25) is 0 Å². The van der Waals surface area contributed by atoms with Crippen molar-refractivity contribution >= 4 is 5.97 Å². The lowest BCUT2D eigenvalue weighted by Gasteiger charge is -2.63. The minimum Gasteiger partial charge on any atom is -0.462 e. The topological polar surface area (TPSA) is 96.6 Å². The molecule has 0 aromatic rings. The first-order valence-corrected chi connectivity index (χ1v) is 17.7. The minimum absolute atomic E-state index is 0.116. The molecule has 5 N–H and O–H groups in total. The average Bonchev–Trinajstić information content (AvgIpc) is 3.28. The Balaban J connectivity index is 1.53. The summed E-state index contributed by atoms with van der Waals surface area (Å²) in [7, 11) is 0. The fourth-order valence-corrected chi connectivity index (χ4v) is 10.1. The molecule has 0 unspecified atom stereocenters. The van der Waals surface area contributed by atoms with E-state index >= 15 is 0 Å². The maximum atomic E-state index is 12.7. The van der Waals surface area contributed by atoms with Crippen LogP contribution in [-0.2, 0) is 9.53 Å². The second kappa shape index (κ2) is 14.4. The maximum absolute atomic E-state index is 12.7. The van der Waals surface area contributed by atoms with Gasteiger partial charge in [0.1, 0.15) is 6.10 Å². The molecule has 0 radical (unpaired) electrons. The molecule has 0 saturated heterocycles. The van der Waals surface area contributed by atoms with Gasteiger partial charge in [-0.2, -0.15) is 0 Å². The standard InChI is InChI=1S/C36H65N3O3/c1-25(2)11-9-12-26(3)30-13-14-31-29-23-33(39-22-10-21-38-20-8-7-19-37)36(41)24-28(42-27(4)40)15-18-35(36,6)32(29)16-17-34(30,31)5/h23,25-26,28,30-33,38-39,41H,7-22,24,37H2,1-6H3/t26-,28+,30-,31+,32+,33-,34-,35-,36+/m1/s1. The third kappa shape index (κ3) is 6.97. The van der Waals surface area contributed by atoms with Gasteiger partial charge in [-0.25, -0.2) is 0 Å². The van der Waals surface area contributed by atoms with Crippen LogP contribution in [0.25, 0.3) is 0 Å². The summed E-state index contributed by atoms with van der Waals surface area (Å²) in [6.07, 6.45) is 16.9. The Kier molecular flexibility index (Phi) is 11.7. The number of carbonyl (C=O) groups excluding carboxylic acids is 1. The fourth-order valence-electron chi connectivity index (χ4n) is 10.1. The molecule has 0 aromatic carbocycles. The molecule has 0 bridgehead atoms. The van der Waals surface area contributed by atoms with E-state index < -0.39 is 5.60 Å². The van der Waals surface area contributed by atoms with E-state index in [1.165, 1.54) is 51.9 Å². The zero-order chi connectivity index (χ0) is 30.5. The Labute approximate surface area is 257 Å². The minimum atomic E-state index is -0.927. The molecule has 4 rings (SSSR count). The number of nitrogens with two attached hydrogens (primary N) is 1. The van der Waals surface area contributed by atoms with Crippen LogP contribution in [0.5, 0.6) is 0 Å². The number of hydrogen-bond acceptors (Lipinski definition) is 6. The summed E-state index contributed by atoms with van der Waals surface area (Å²) in [6.45, 7) is 17.3. The van der Waals surface area contributed by atoms with E-state index in [9.17, 15) is 9.90 Å². The molecule has 0 heterocycles. The van der Waals surface area contributed by atoms with Gasteiger partial charge in [-0.1, -0.05) is 65.5 Å². The smallest absolute Gasteiger partial charge is 0.302 e. The Morgan fingerprint density at radius 2 is 1.76 bits per heavy atom. The first-order valence-electron chi connectivity index (χ1n) is 17.7. The van der Waals surface area contributed by atoms with Crippen LogP contribution < -0.4 is 16.4 Å². The molecule has 242 valence electrons. The summed E-state index contributed by atoms with van der Waals surface area (Å²) in [6, 6.07) is -0.116. The maximum Gasteiger partial charge on any atom is 0.302 e. The lowest BCUT2D eigenvalue weighted by molar-refractivity contribution is -0.192. The number of ether oxygens (including phenoxy) is 1. The van der Waals surface area contributed by atoms with E-state index in [2.05, 4.69) is 51.3 Å². The van der Waals surface area contributed by atoms with Crippen LogP contribution in [0.4, 0.5) is 0 Å². The second-order valence-corrected chi connectivity index (χ2v) is 15.6. The number of unbranched alkanes of at least 4 members (excludes halogenated alkanes) is 1. The van der Waals surface area contributed by atoms with Crippen molar-refractivity contribution < 1.29 is 14.6 Å². The van der Waals surface area contributed by atoms with Gasteiger partial charge >= 0.3 is 5.97 Å². The number of carbonyl (C=O) groups is 1. The van der Waals surface area contributed by atoms with Crippen molar-refractivity contribution in [1.29, 1.82) is 0 Å². The monoisotopic (exact) mass is 588 g/mol. The highest BCUT2D eigenvalue weighted by atomic mass is 16.5. The van der Waals surface area contributed by atoms with Gasteiger partial charge in [0, 0.05) is 18.8 Å². The first kappa shape index (κ1) is 33.9. The number of aliphatic hydroxyl groups is 1. The van der Waals surface area contributed by atoms with E-state index in [0.717, 1.165) is 76.0 Å². The number of fused-ring (bicyclic) bond motifs is 5. The van der Waals surface area contributed by atoms with Gasteiger partial charge in [-0.15, -0.1) is 0 Å². The molecule has 0 aromatic heterocycles. The Morgan fingerprint density at radius 1 is 1.00 bits per heavy atom. The van der Waals surface area contributed by atoms with E-state index in [4.69, 9.17) is 10.5 Å².